The van der Waals surface area contributed by atoms with Gasteiger partial charge in [0.25, 0.3) is 0 Å². The first-order valence-corrected chi connectivity index (χ1v) is 6.06. The van der Waals surface area contributed by atoms with E-state index in [1.54, 1.807) is 0 Å². The SMILES string of the molecule is C[N+]1(C)CCCc2[nH]c3ccccc3c2C1. The number of nitrogens with one attached hydrogen (secondary N) is 1. The average molecular weight is 215 g/mol. The zero-order valence-corrected chi connectivity index (χ0v) is 10.1. The Balaban J connectivity index is 2.20. The van der Waals surface area contributed by atoms with E-state index in [0.29, 0.717) is 0 Å². The van der Waals surface area contributed by atoms with E-state index in [0.717, 1.165) is 11.0 Å². The summed E-state index contributed by atoms with van der Waals surface area (Å²) in [5.74, 6) is 0. The average Bonchev–Trinajstić information content (AvgIpc) is 2.48. The van der Waals surface area contributed by atoms with Crippen LogP contribution < -0.4 is 0 Å². The van der Waals surface area contributed by atoms with Gasteiger partial charge in [0.05, 0.1) is 20.6 Å². The number of para-hydroxylation sites is 1. The van der Waals surface area contributed by atoms with Crippen molar-refractivity contribution >= 4 is 10.9 Å². The minimum Gasteiger partial charge on any atom is -0.358 e. The van der Waals surface area contributed by atoms with Crippen molar-refractivity contribution in [1.29, 1.82) is 0 Å². The second kappa shape index (κ2) is 3.36. The van der Waals surface area contributed by atoms with Crippen molar-refractivity contribution in [3.05, 3.63) is 35.5 Å². The van der Waals surface area contributed by atoms with Crippen LogP contribution >= 0.6 is 0 Å². The summed E-state index contributed by atoms with van der Waals surface area (Å²) in [5.41, 5.74) is 4.30. The van der Waals surface area contributed by atoms with E-state index < -0.39 is 0 Å². The molecule has 0 fully saturated rings. The van der Waals surface area contributed by atoms with Gasteiger partial charge in [-0.1, -0.05) is 18.2 Å². The number of quaternary nitrogens is 1. The topological polar surface area (TPSA) is 15.8 Å². The minimum atomic E-state index is 1.11. The first-order valence-electron chi connectivity index (χ1n) is 6.06. The van der Waals surface area contributed by atoms with Gasteiger partial charge in [-0.3, -0.25) is 0 Å². The molecule has 2 heterocycles. The summed E-state index contributed by atoms with van der Waals surface area (Å²) in [4.78, 5) is 3.58. The molecule has 3 rings (SSSR count). The largest absolute Gasteiger partial charge is 0.358 e. The van der Waals surface area contributed by atoms with E-state index >= 15 is 0 Å². The Bertz CT molecular complexity index is 523. The number of rotatable bonds is 0. The van der Waals surface area contributed by atoms with Crippen molar-refractivity contribution in [2.45, 2.75) is 19.4 Å². The van der Waals surface area contributed by atoms with Crippen molar-refractivity contribution in [3.8, 4) is 0 Å². The second-order valence-corrected chi connectivity index (χ2v) is 5.55. The van der Waals surface area contributed by atoms with E-state index in [9.17, 15) is 0 Å². The summed E-state index contributed by atoms with van der Waals surface area (Å²) in [6.45, 7) is 2.43. The lowest BCUT2D eigenvalue weighted by Gasteiger charge is -2.28. The quantitative estimate of drug-likeness (QED) is 0.650. The molecule has 1 aromatic carbocycles. The Kier molecular flexibility index (Phi) is 2.08. The molecule has 84 valence electrons. The van der Waals surface area contributed by atoms with Crippen molar-refractivity contribution in [2.24, 2.45) is 0 Å². The first kappa shape index (κ1) is 9.91. The van der Waals surface area contributed by atoms with Crippen LogP contribution in [0.5, 0.6) is 0 Å². The molecule has 1 aliphatic heterocycles. The normalized spacial score (nSPS) is 19.4. The van der Waals surface area contributed by atoms with Gasteiger partial charge in [0, 0.05) is 28.6 Å². The maximum atomic E-state index is 3.58. The molecule has 2 aromatic rings. The molecule has 0 amide bonds. The number of benzene rings is 1. The third kappa shape index (κ3) is 1.54. The van der Waals surface area contributed by atoms with Gasteiger partial charge < -0.3 is 9.47 Å². The van der Waals surface area contributed by atoms with E-state index in [2.05, 4.69) is 43.3 Å². The van der Waals surface area contributed by atoms with E-state index in [-0.39, 0.29) is 0 Å². The molecule has 16 heavy (non-hydrogen) atoms. The molecule has 1 N–H and O–H groups in total. The van der Waals surface area contributed by atoms with Gasteiger partial charge in [-0.15, -0.1) is 0 Å². The Hall–Kier alpha value is -1.28. The number of fused-ring (bicyclic) bond motifs is 3. The van der Waals surface area contributed by atoms with Crippen LogP contribution in [0.4, 0.5) is 0 Å². The van der Waals surface area contributed by atoms with Crippen molar-refractivity contribution in [1.82, 2.24) is 4.98 Å². The second-order valence-electron chi connectivity index (χ2n) is 5.55. The molecule has 2 nitrogen and oxygen atoms in total. The summed E-state index contributed by atoms with van der Waals surface area (Å²) in [7, 11) is 4.66. The highest BCUT2D eigenvalue weighted by atomic mass is 15.3. The lowest BCUT2D eigenvalue weighted by Crippen LogP contribution is -2.38. The molecule has 1 aliphatic rings. The Morgan fingerprint density at radius 2 is 2.00 bits per heavy atom. The van der Waals surface area contributed by atoms with Gasteiger partial charge in [0.2, 0.25) is 0 Å². The number of aromatic amines is 1. The smallest absolute Gasteiger partial charge is 0.106 e. The van der Waals surface area contributed by atoms with Crippen LogP contribution in [-0.2, 0) is 13.0 Å². The first-order chi connectivity index (χ1) is 7.66. The van der Waals surface area contributed by atoms with E-state index in [1.807, 2.05) is 0 Å². The van der Waals surface area contributed by atoms with Crippen LogP contribution in [0.3, 0.4) is 0 Å². The molecule has 2 heteroatoms. The van der Waals surface area contributed by atoms with Crippen LogP contribution in [0, 0.1) is 0 Å². The number of aromatic nitrogens is 1. The van der Waals surface area contributed by atoms with Crippen LogP contribution in [-0.4, -0.2) is 30.1 Å². The Morgan fingerprint density at radius 3 is 2.88 bits per heavy atom. The fraction of sp³-hybridized carbons (Fsp3) is 0.429. The predicted molar refractivity (Wildman–Crippen MR) is 67.3 cm³/mol. The molecule has 1 aromatic heterocycles. The van der Waals surface area contributed by atoms with Crippen LogP contribution in [0.25, 0.3) is 10.9 Å². The van der Waals surface area contributed by atoms with Gasteiger partial charge in [-0.05, 0) is 12.5 Å². The number of hydrogen-bond donors (Lipinski definition) is 1. The molecule has 0 unspecified atom stereocenters. The molecular formula is C14H19N2+. The summed E-state index contributed by atoms with van der Waals surface area (Å²) in [5, 5.41) is 1.42. The van der Waals surface area contributed by atoms with E-state index in [4.69, 9.17) is 0 Å². The summed E-state index contributed by atoms with van der Waals surface area (Å²) in [6, 6.07) is 8.68. The van der Waals surface area contributed by atoms with Gasteiger partial charge in [0.1, 0.15) is 6.54 Å². The third-order valence-corrected chi connectivity index (χ3v) is 3.68. The molecule has 0 spiro atoms. The summed E-state index contributed by atoms with van der Waals surface area (Å²) in [6.07, 6.45) is 2.48. The molecule has 0 aliphatic carbocycles. The highest BCUT2D eigenvalue weighted by Crippen LogP contribution is 2.28. The molecule has 0 radical (unpaired) electrons. The third-order valence-electron chi connectivity index (χ3n) is 3.68. The number of hydrogen-bond acceptors (Lipinski definition) is 0. The van der Waals surface area contributed by atoms with Crippen molar-refractivity contribution < 1.29 is 4.48 Å². The minimum absolute atomic E-state index is 1.11. The fourth-order valence-corrected chi connectivity index (χ4v) is 2.84. The Morgan fingerprint density at radius 1 is 1.19 bits per heavy atom. The molecule has 0 saturated carbocycles. The molecular weight excluding hydrogens is 196 g/mol. The number of nitrogens with zero attached hydrogens (tertiary/aromatic N) is 1. The highest BCUT2D eigenvalue weighted by molar-refractivity contribution is 5.84. The van der Waals surface area contributed by atoms with Crippen molar-refractivity contribution in [3.63, 3.8) is 0 Å². The maximum Gasteiger partial charge on any atom is 0.106 e. The number of aryl methyl sites for hydroxylation is 1. The fourth-order valence-electron chi connectivity index (χ4n) is 2.84. The van der Waals surface area contributed by atoms with Gasteiger partial charge >= 0.3 is 0 Å². The maximum absolute atomic E-state index is 3.58. The Labute approximate surface area is 96.5 Å². The zero-order valence-electron chi connectivity index (χ0n) is 10.1. The number of H-pyrrole nitrogens is 1. The summed E-state index contributed by atoms with van der Waals surface area (Å²) >= 11 is 0. The highest BCUT2D eigenvalue weighted by Gasteiger charge is 2.24. The lowest BCUT2D eigenvalue weighted by molar-refractivity contribution is -0.903. The lowest BCUT2D eigenvalue weighted by atomic mass is 10.1. The molecule has 0 atom stereocenters. The van der Waals surface area contributed by atoms with Gasteiger partial charge in [-0.25, -0.2) is 0 Å². The van der Waals surface area contributed by atoms with E-state index in [1.165, 1.54) is 41.5 Å². The molecule has 0 bridgehead atoms. The van der Waals surface area contributed by atoms with Crippen molar-refractivity contribution in [2.75, 3.05) is 20.6 Å². The van der Waals surface area contributed by atoms with Gasteiger partial charge in [0.15, 0.2) is 0 Å². The predicted octanol–water partition coefficient (Wildman–Crippen LogP) is 2.69. The van der Waals surface area contributed by atoms with Crippen LogP contribution in [0.1, 0.15) is 17.7 Å². The van der Waals surface area contributed by atoms with Crippen LogP contribution in [0.2, 0.25) is 0 Å². The zero-order chi connectivity index (χ0) is 11.2. The standard InChI is InChI=1S/C14H19N2/c1-16(2)9-5-8-14-12(10-16)11-6-3-4-7-13(11)15-14/h3-4,6-7,15H,5,8-10H2,1-2H3/q+1. The van der Waals surface area contributed by atoms with Crippen LogP contribution in [0.15, 0.2) is 24.3 Å². The van der Waals surface area contributed by atoms with Gasteiger partial charge in [-0.2, -0.15) is 0 Å². The monoisotopic (exact) mass is 215 g/mol. The molecule has 0 saturated heterocycles. The summed E-state index contributed by atoms with van der Waals surface area (Å²) < 4.78 is 1.11.